The second kappa shape index (κ2) is 6.79. The molecule has 0 atom stereocenters. The fourth-order valence-electron chi connectivity index (χ4n) is 3.04. The molecule has 0 saturated carbocycles. The van der Waals surface area contributed by atoms with Gasteiger partial charge in [-0.1, -0.05) is 26.0 Å². The monoisotopic (exact) mass is 322 g/mol. The van der Waals surface area contributed by atoms with E-state index in [1.165, 1.54) is 0 Å². The van der Waals surface area contributed by atoms with Crippen LogP contribution in [0, 0.1) is 0 Å². The Bertz CT molecular complexity index is 835. The summed E-state index contributed by atoms with van der Waals surface area (Å²) in [6, 6.07) is 14.5. The minimum atomic E-state index is 0.241. The number of aromatic hydroxyl groups is 2. The van der Waals surface area contributed by atoms with Gasteiger partial charge in [0.2, 0.25) is 0 Å². The van der Waals surface area contributed by atoms with Crippen molar-refractivity contribution in [3.8, 4) is 34.0 Å². The summed E-state index contributed by atoms with van der Waals surface area (Å²) >= 11 is 0. The van der Waals surface area contributed by atoms with Crippen molar-refractivity contribution in [1.82, 2.24) is 9.78 Å². The van der Waals surface area contributed by atoms with Crippen LogP contribution in [0.25, 0.3) is 22.5 Å². The van der Waals surface area contributed by atoms with Crippen LogP contribution >= 0.6 is 0 Å². The fraction of sp³-hybridized carbons (Fsp3) is 0.250. The summed E-state index contributed by atoms with van der Waals surface area (Å²) in [4.78, 5) is 0. The Labute approximate surface area is 142 Å². The molecule has 3 aromatic rings. The molecule has 2 aromatic carbocycles. The number of phenols is 2. The zero-order valence-electron chi connectivity index (χ0n) is 14.0. The molecular weight excluding hydrogens is 300 g/mol. The third-order valence-corrected chi connectivity index (χ3v) is 4.14. The lowest BCUT2D eigenvalue weighted by Crippen LogP contribution is -2.02. The van der Waals surface area contributed by atoms with Crippen LogP contribution in [0.5, 0.6) is 11.5 Å². The summed E-state index contributed by atoms with van der Waals surface area (Å²) in [5.74, 6) is 0.491. The maximum absolute atomic E-state index is 10.2. The number of benzene rings is 2. The molecule has 124 valence electrons. The van der Waals surface area contributed by atoms with Crippen LogP contribution in [0.3, 0.4) is 0 Å². The van der Waals surface area contributed by atoms with E-state index in [9.17, 15) is 10.2 Å². The van der Waals surface area contributed by atoms with E-state index >= 15 is 0 Å². The van der Waals surface area contributed by atoms with Crippen LogP contribution in [-0.4, -0.2) is 20.0 Å². The Morgan fingerprint density at radius 2 is 1.67 bits per heavy atom. The van der Waals surface area contributed by atoms with Crippen LogP contribution in [0.1, 0.15) is 25.8 Å². The molecule has 4 heteroatoms. The summed E-state index contributed by atoms with van der Waals surface area (Å²) in [7, 11) is 0. The molecule has 4 nitrogen and oxygen atoms in total. The van der Waals surface area contributed by atoms with Crippen molar-refractivity contribution in [2.45, 2.75) is 33.2 Å². The fourth-order valence-corrected chi connectivity index (χ4v) is 3.04. The van der Waals surface area contributed by atoms with Gasteiger partial charge in [0.05, 0.1) is 11.4 Å². The largest absolute Gasteiger partial charge is 0.508 e. The lowest BCUT2D eigenvalue weighted by Gasteiger charge is -2.09. The van der Waals surface area contributed by atoms with Crippen molar-refractivity contribution in [1.29, 1.82) is 0 Å². The lowest BCUT2D eigenvalue weighted by molar-refractivity contribution is 0.475. The smallest absolute Gasteiger partial charge is 0.125 e. The van der Waals surface area contributed by atoms with E-state index in [0.717, 1.165) is 47.5 Å². The highest BCUT2D eigenvalue weighted by atomic mass is 16.3. The standard InChI is InChI=1S/C20H22N2O2/c1-3-13-22-20(14-9-11-15(23)12-10-14)16(4-2)19(21-22)17-7-5-6-8-18(17)24/h5-12,23-24H,3-4,13H2,1-2H3. The van der Waals surface area contributed by atoms with Crippen molar-refractivity contribution in [3.63, 3.8) is 0 Å². The molecule has 0 fully saturated rings. The summed E-state index contributed by atoms with van der Waals surface area (Å²) in [6.45, 7) is 5.02. The molecule has 24 heavy (non-hydrogen) atoms. The van der Waals surface area contributed by atoms with Gasteiger partial charge in [-0.25, -0.2) is 0 Å². The number of para-hydroxylation sites is 1. The molecule has 0 aliphatic carbocycles. The predicted molar refractivity (Wildman–Crippen MR) is 96.1 cm³/mol. The number of aromatic nitrogens is 2. The molecule has 2 N–H and O–H groups in total. The first kappa shape index (κ1) is 16.1. The van der Waals surface area contributed by atoms with Crippen LogP contribution < -0.4 is 0 Å². The topological polar surface area (TPSA) is 58.3 Å². The Kier molecular flexibility index (Phi) is 4.56. The van der Waals surface area contributed by atoms with Gasteiger partial charge in [0.15, 0.2) is 0 Å². The highest BCUT2D eigenvalue weighted by Gasteiger charge is 2.20. The zero-order valence-corrected chi connectivity index (χ0v) is 14.0. The highest BCUT2D eigenvalue weighted by molar-refractivity contribution is 5.77. The van der Waals surface area contributed by atoms with Gasteiger partial charge in [-0.3, -0.25) is 4.68 Å². The molecule has 0 spiro atoms. The Morgan fingerprint density at radius 1 is 0.958 bits per heavy atom. The summed E-state index contributed by atoms with van der Waals surface area (Å²) in [6.07, 6.45) is 1.78. The van der Waals surface area contributed by atoms with E-state index in [-0.39, 0.29) is 11.5 Å². The van der Waals surface area contributed by atoms with Crippen molar-refractivity contribution < 1.29 is 10.2 Å². The van der Waals surface area contributed by atoms with E-state index in [4.69, 9.17) is 5.10 Å². The Balaban J connectivity index is 2.24. The lowest BCUT2D eigenvalue weighted by atomic mass is 9.99. The maximum atomic E-state index is 10.2. The SMILES string of the molecule is CCCn1nc(-c2ccccc2O)c(CC)c1-c1ccc(O)cc1. The van der Waals surface area contributed by atoms with Crippen molar-refractivity contribution in [3.05, 3.63) is 54.1 Å². The minimum absolute atomic E-state index is 0.241. The van der Waals surface area contributed by atoms with Gasteiger partial charge < -0.3 is 10.2 Å². The number of rotatable bonds is 5. The van der Waals surface area contributed by atoms with Gasteiger partial charge in [0, 0.05) is 23.2 Å². The third-order valence-electron chi connectivity index (χ3n) is 4.14. The number of nitrogens with zero attached hydrogens (tertiary/aromatic N) is 2. The molecule has 0 aliphatic rings. The number of phenolic OH excluding ortho intramolecular Hbond substituents is 2. The average Bonchev–Trinajstić information content (AvgIpc) is 2.94. The van der Waals surface area contributed by atoms with Crippen molar-refractivity contribution in [2.24, 2.45) is 0 Å². The van der Waals surface area contributed by atoms with Gasteiger partial charge >= 0.3 is 0 Å². The van der Waals surface area contributed by atoms with Crippen LogP contribution in [0.15, 0.2) is 48.5 Å². The molecule has 0 saturated heterocycles. The first-order chi connectivity index (χ1) is 11.7. The maximum Gasteiger partial charge on any atom is 0.125 e. The first-order valence-electron chi connectivity index (χ1n) is 8.33. The van der Waals surface area contributed by atoms with Gasteiger partial charge in [0.1, 0.15) is 11.5 Å². The second-order valence-electron chi connectivity index (χ2n) is 5.82. The zero-order chi connectivity index (χ0) is 17.1. The second-order valence-corrected chi connectivity index (χ2v) is 5.82. The average molecular weight is 322 g/mol. The van der Waals surface area contributed by atoms with E-state index in [2.05, 4.69) is 13.8 Å². The molecule has 1 heterocycles. The summed E-state index contributed by atoms with van der Waals surface area (Å²) < 4.78 is 2.01. The molecule has 0 amide bonds. The summed E-state index contributed by atoms with van der Waals surface area (Å²) in [5, 5.41) is 24.6. The Hall–Kier alpha value is -2.75. The van der Waals surface area contributed by atoms with Crippen LogP contribution in [0.2, 0.25) is 0 Å². The van der Waals surface area contributed by atoms with Gasteiger partial charge in [-0.15, -0.1) is 0 Å². The molecular formula is C20H22N2O2. The number of aryl methyl sites for hydroxylation is 1. The molecule has 0 radical (unpaired) electrons. The van der Waals surface area contributed by atoms with Crippen LogP contribution in [-0.2, 0) is 13.0 Å². The number of hydrogen-bond acceptors (Lipinski definition) is 3. The molecule has 0 aliphatic heterocycles. The van der Waals surface area contributed by atoms with Crippen molar-refractivity contribution >= 4 is 0 Å². The Morgan fingerprint density at radius 3 is 2.29 bits per heavy atom. The van der Waals surface area contributed by atoms with E-state index in [1.54, 1.807) is 18.2 Å². The van der Waals surface area contributed by atoms with Crippen molar-refractivity contribution in [2.75, 3.05) is 0 Å². The quantitative estimate of drug-likeness (QED) is 0.721. The highest BCUT2D eigenvalue weighted by Crippen LogP contribution is 2.37. The van der Waals surface area contributed by atoms with E-state index < -0.39 is 0 Å². The van der Waals surface area contributed by atoms with E-state index in [1.807, 2.05) is 35.0 Å². The summed E-state index contributed by atoms with van der Waals surface area (Å²) in [5.41, 5.74) is 4.76. The molecule has 1 aromatic heterocycles. The molecule has 0 unspecified atom stereocenters. The third kappa shape index (κ3) is 2.87. The van der Waals surface area contributed by atoms with Gasteiger partial charge in [0.25, 0.3) is 0 Å². The van der Waals surface area contributed by atoms with Gasteiger partial charge in [-0.05, 0) is 49.2 Å². The normalized spacial score (nSPS) is 10.9. The molecule has 0 bridgehead atoms. The molecule has 3 rings (SSSR count). The predicted octanol–water partition coefficient (Wildman–Crippen LogP) is 4.60. The minimum Gasteiger partial charge on any atom is -0.508 e. The van der Waals surface area contributed by atoms with Gasteiger partial charge in [-0.2, -0.15) is 5.10 Å². The van der Waals surface area contributed by atoms with E-state index in [0.29, 0.717) is 0 Å². The first-order valence-corrected chi connectivity index (χ1v) is 8.33. The number of hydrogen-bond donors (Lipinski definition) is 2. The van der Waals surface area contributed by atoms with Crippen LogP contribution in [0.4, 0.5) is 0 Å².